The third-order valence-corrected chi connectivity index (χ3v) is 8.51. The number of quaternary nitrogens is 1. The maximum atomic E-state index is 13.9. The van der Waals surface area contributed by atoms with Crippen LogP contribution in [0, 0.1) is 5.92 Å². The van der Waals surface area contributed by atoms with Gasteiger partial charge in [-0.1, -0.05) is 62.4 Å². The van der Waals surface area contributed by atoms with E-state index in [1.807, 2.05) is 37.3 Å². The van der Waals surface area contributed by atoms with Gasteiger partial charge in [0.2, 0.25) is 6.34 Å². The largest absolute Gasteiger partial charge is 0.444 e. The lowest BCUT2D eigenvalue weighted by molar-refractivity contribution is -0.606. The number of imide groups is 1. The van der Waals surface area contributed by atoms with Crippen LogP contribution in [0.5, 0.6) is 0 Å². The highest BCUT2D eigenvalue weighted by molar-refractivity contribution is 5.95. The summed E-state index contributed by atoms with van der Waals surface area (Å²) in [7, 11) is 0. The fraction of sp³-hybridized carbons (Fsp3) is 0.545. The molecule has 0 radical (unpaired) electrons. The summed E-state index contributed by atoms with van der Waals surface area (Å²) in [6, 6.07) is 6.12. The summed E-state index contributed by atoms with van der Waals surface area (Å²) < 4.78 is 4.91. The van der Waals surface area contributed by atoms with Crippen LogP contribution in [-0.4, -0.2) is 72.6 Å². The van der Waals surface area contributed by atoms with E-state index in [1.165, 1.54) is 19.0 Å². The van der Waals surface area contributed by atoms with Crippen molar-refractivity contribution >= 4 is 24.4 Å². The molecule has 12 heteroatoms. The number of urea groups is 1. The van der Waals surface area contributed by atoms with Gasteiger partial charge in [-0.25, -0.2) is 24.4 Å². The Hall–Kier alpha value is -3.87. The Labute approximate surface area is 265 Å². The molecule has 12 nitrogen and oxygen atoms in total. The number of H-pyrrole nitrogens is 1. The van der Waals surface area contributed by atoms with Crippen molar-refractivity contribution < 1.29 is 28.7 Å². The first-order valence-corrected chi connectivity index (χ1v) is 15.8. The van der Waals surface area contributed by atoms with Crippen molar-refractivity contribution in [2.24, 2.45) is 22.4 Å². The molecule has 1 unspecified atom stereocenters. The number of carbonyl (C=O) groups is 3. The standard InChI is InChI=1S/C33H47N7O5/c1-22(17-25-20-40(21-38-25,31(35)43)30(42)26(34)18-23-11-7-5-8-12-23)39(32(44)45-33(2,3)4)27(19-24-13-9-6-10-14-24)28(41)29-36-15-16-37-29/h5,7-8,11-12,15-16,20-22,24,26-28,41H,6,9-10,13-14,17-19,34H2,1-4H3,(H2-,35,36,37,43)/p+1/t22-,26+,27+,28+,40?/m1/s1. The second-order valence-electron chi connectivity index (χ2n) is 13.3. The molecular weight excluding hydrogens is 574 g/mol. The highest BCUT2D eigenvalue weighted by Crippen LogP contribution is 2.35. The van der Waals surface area contributed by atoms with Crippen molar-refractivity contribution in [1.82, 2.24) is 14.9 Å². The minimum absolute atomic E-state index is 0.163. The molecule has 2 aromatic rings. The SMILES string of the molecule is C[C@H](CC1=C[N+](C(N)=O)(C(=O)[C@@H](N)Cc2ccccc2)C=N1)N(C(=O)OC(C)(C)C)[C@@H](CC1CCCCC1)[C@H](O)c1ncc[nH]1. The minimum Gasteiger partial charge on any atom is -0.444 e. The van der Waals surface area contributed by atoms with Gasteiger partial charge in [0.15, 0.2) is 0 Å². The summed E-state index contributed by atoms with van der Waals surface area (Å²) in [6.45, 7) is 7.21. The van der Waals surface area contributed by atoms with Crippen LogP contribution in [0.15, 0.2) is 59.6 Å². The molecule has 1 aromatic heterocycles. The molecule has 1 aliphatic carbocycles. The number of aliphatic imine (C=N–C) groups is 1. The van der Waals surface area contributed by atoms with Crippen LogP contribution < -0.4 is 11.5 Å². The van der Waals surface area contributed by atoms with Crippen LogP contribution in [0.4, 0.5) is 9.59 Å². The first-order chi connectivity index (χ1) is 21.3. The molecule has 2 aliphatic rings. The normalized spacial score (nSPS) is 21.4. The second-order valence-corrected chi connectivity index (χ2v) is 13.3. The van der Waals surface area contributed by atoms with Crippen molar-refractivity contribution in [2.45, 2.75) is 109 Å². The smallest absolute Gasteiger partial charge is 0.432 e. The molecule has 1 saturated carbocycles. The summed E-state index contributed by atoms with van der Waals surface area (Å²) in [4.78, 5) is 53.5. The molecule has 4 amide bonds. The molecule has 2 heterocycles. The van der Waals surface area contributed by atoms with Crippen LogP contribution in [0.3, 0.4) is 0 Å². The lowest BCUT2D eigenvalue weighted by Gasteiger charge is -2.41. The molecule has 0 saturated heterocycles. The van der Waals surface area contributed by atoms with Gasteiger partial charge >= 0.3 is 18.0 Å². The van der Waals surface area contributed by atoms with Crippen molar-refractivity contribution in [3.8, 4) is 0 Å². The van der Waals surface area contributed by atoms with Crippen molar-refractivity contribution in [2.75, 3.05) is 0 Å². The van der Waals surface area contributed by atoms with Crippen molar-refractivity contribution in [3.05, 3.63) is 66.0 Å². The number of aliphatic hydroxyl groups is 1. The Balaban J connectivity index is 1.63. The van der Waals surface area contributed by atoms with Gasteiger partial charge in [-0.2, -0.15) is 0 Å². The number of nitrogens with one attached hydrogen (secondary N) is 1. The number of carbonyl (C=O) groups excluding carboxylic acids is 3. The van der Waals surface area contributed by atoms with E-state index in [4.69, 9.17) is 16.2 Å². The topological polar surface area (TPSA) is 177 Å². The molecule has 1 aromatic carbocycles. The number of aliphatic hydroxyl groups excluding tert-OH is 1. The van der Waals surface area contributed by atoms with Crippen LogP contribution >= 0.6 is 0 Å². The zero-order valence-corrected chi connectivity index (χ0v) is 26.8. The van der Waals surface area contributed by atoms with Crippen LogP contribution in [0.1, 0.15) is 90.1 Å². The third-order valence-electron chi connectivity index (χ3n) is 8.51. The van der Waals surface area contributed by atoms with Crippen molar-refractivity contribution in [1.29, 1.82) is 0 Å². The monoisotopic (exact) mass is 622 g/mol. The molecule has 0 bridgehead atoms. The van der Waals surface area contributed by atoms with Gasteiger partial charge in [-0.3, -0.25) is 4.90 Å². The Morgan fingerprint density at radius 3 is 2.42 bits per heavy atom. The fourth-order valence-electron chi connectivity index (χ4n) is 6.29. The van der Waals surface area contributed by atoms with Gasteiger partial charge in [-0.05, 0) is 45.6 Å². The summed E-state index contributed by atoms with van der Waals surface area (Å²) in [6.07, 6.45) is 10.5. The molecule has 5 atom stereocenters. The predicted molar refractivity (Wildman–Crippen MR) is 170 cm³/mol. The van der Waals surface area contributed by atoms with E-state index in [2.05, 4.69) is 15.0 Å². The van der Waals surface area contributed by atoms with E-state index in [0.717, 1.165) is 31.2 Å². The number of rotatable bonds is 11. The number of aromatic amines is 1. The van der Waals surface area contributed by atoms with Gasteiger partial charge in [-0.15, -0.1) is 4.48 Å². The van der Waals surface area contributed by atoms with Crippen LogP contribution in [-0.2, 0) is 16.0 Å². The first kappa shape index (κ1) is 34.0. The van der Waals surface area contributed by atoms with Gasteiger partial charge in [0, 0.05) is 31.3 Å². The van der Waals surface area contributed by atoms with Gasteiger partial charge < -0.3 is 26.3 Å². The Morgan fingerprint density at radius 1 is 1.13 bits per heavy atom. The third kappa shape index (κ3) is 8.44. The number of imidazole rings is 1. The average Bonchev–Trinajstić information content (AvgIpc) is 3.68. The molecule has 45 heavy (non-hydrogen) atoms. The second kappa shape index (κ2) is 14.5. The fourth-order valence-corrected chi connectivity index (χ4v) is 6.29. The Bertz CT molecular complexity index is 1370. The summed E-state index contributed by atoms with van der Waals surface area (Å²) >= 11 is 0. The zero-order chi connectivity index (χ0) is 32.8. The van der Waals surface area contributed by atoms with E-state index < -0.39 is 52.3 Å². The molecule has 0 spiro atoms. The summed E-state index contributed by atoms with van der Waals surface area (Å²) in [5.74, 6) is 0.0689. The molecule has 6 N–H and O–H groups in total. The number of hydrogen-bond acceptors (Lipinski definition) is 8. The average molecular weight is 623 g/mol. The first-order valence-electron chi connectivity index (χ1n) is 15.8. The van der Waals surface area contributed by atoms with E-state index in [0.29, 0.717) is 23.9 Å². The predicted octanol–water partition coefficient (Wildman–Crippen LogP) is 4.67. The number of amides is 4. The number of aromatic nitrogens is 2. The minimum atomic E-state index is -1.10. The highest BCUT2D eigenvalue weighted by atomic mass is 16.6. The van der Waals surface area contributed by atoms with Gasteiger partial charge in [0.05, 0.1) is 6.04 Å². The van der Waals surface area contributed by atoms with Crippen molar-refractivity contribution in [3.63, 3.8) is 0 Å². The molecular formula is C33H48N7O5+. The number of nitrogens with zero attached hydrogens (tertiary/aromatic N) is 4. The zero-order valence-electron chi connectivity index (χ0n) is 26.8. The molecule has 4 rings (SSSR count). The maximum absolute atomic E-state index is 13.9. The van der Waals surface area contributed by atoms with Crippen LogP contribution in [0.2, 0.25) is 0 Å². The molecule has 1 fully saturated rings. The lowest BCUT2D eigenvalue weighted by Crippen LogP contribution is -2.59. The van der Waals surface area contributed by atoms with Gasteiger partial charge in [0.25, 0.3) is 0 Å². The van der Waals surface area contributed by atoms with Gasteiger partial charge in [0.1, 0.15) is 35.5 Å². The number of nitrogens with two attached hydrogens (primary N) is 2. The Kier molecular flexibility index (Phi) is 10.9. The number of hydrogen-bond donors (Lipinski definition) is 4. The number of benzene rings is 1. The quantitative estimate of drug-likeness (QED) is 0.263. The summed E-state index contributed by atoms with van der Waals surface area (Å²) in [5, 5.41) is 11.6. The maximum Gasteiger partial charge on any atom is 0.432 e. The summed E-state index contributed by atoms with van der Waals surface area (Å²) in [5.41, 5.74) is 12.5. The molecule has 1 aliphatic heterocycles. The highest BCUT2D eigenvalue weighted by Gasteiger charge is 2.48. The molecule has 244 valence electrons. The van der Waals surface area contributed by atoms with Crippen LogP contribution in [0.25, 0.3) is 0 Å². The Morgan fingerprint density at radius 2 is 1.82 bits per heavy atom. The number of primary amides is 1. The van der Waals surface area contributed by atoms with E-state index in [9.17, 15) is 19.5 Å². The van der Waals surface area contributed by atoms with E-state index in [1.54, 1.807) is 38.1 Å². The lowest BCUT2D eigenvalue weighted by atomic mass is 9.83. The van der Waals surface area contributed by atoms with E-state index >= 15 is 0 Å². The number of ether oxygens (including phenoxy) is 1. The van der Waals surface area contributed by atoms with E-state index in [-0.39, 0.29) is 12.8 Å².